The summed E-state index contributed by atoms with van der Waals surface area (Å²) in [5.41, 5.74) is 0. The van der Waals surface area contributed by atoms with E-state index >= 15 is 0 Å². The number of aliphatic hydroxyl groups is 1. The first-order valence-electron chi connectivity index (χ1n) is 6.47. The summed E-state index contributed by atoms with van der Waals surface area (Å²) in [6.45, 7) is 3.70. The van der Waals surface area contributed by atoms with Gasteiger partial charge in [0.1, 0.15) is 44.8 Å². The van der Waals surface area contributed by atoms with Crippen molar-refractivity contribution in [1.82, 2.24) is 0 Å². The van der Waals surface area contributed by atoms with Crippen molar-refractivity contribution in [3.63, 3.8) is 0 Å². The van der Waals surface area contributed by atoms with Gasteiger partial charge in [0, 0.05) is 21.3 Å². The fourth-order valence-corrected chi connectivity index (χ4v) is 2.04. The molecule has 1 fully saturated rings. The van der Waals surface area contributed by atoms with Gasteiger partial charge in [0.15, 0.2) is 6.29 Å². The van der Waals surface area contributed by atoms with E-state index in [-0.39, 0.29) is 20.4 Å². The minimum Gasteiger partial charge on any atom is -0.366 e. The Balaban J connectivity index is 2.85. The lowest BCUT2D eigenvalue weighted by atomic mass is 9.98. The molecule has 0 saturated carbocycles. The highest BCUT2D eigenvalue weighted by Crippen LogP contribution is 2.27. The molecule has 0 bridgehead atoms. The van der Waals surface area contributed by atoms with E-state index in [0.29, 0.717) is 0 Å². The summed E-state index contributed by atoms with van der Waals surface area (Å²) in [6, 6.07) is 0. The van der Waals surface area contributed by atoms with Gasteiger partial charge in [-0.2, -0.15) is 0 Å². The Morgan fingerprint density at radius 3 is 1.86 bits per heavy atom. The van der Waals surface area contributed by atoms with Crippen molar-refractivity contribution < 1.29 is 38.3 Å². The SMILES string of the molecule is C=C[C@@H]1OC(O)[C@@H](OCOC)[C@@H](OCOC)[C@H]1OCOC. The van der Waals surface area contributed by atoms with Crippen LogP contribution < -0.4 is 0 Å². The highest BCUT2D eigenvalue weighted by molar-refractivity contribution is 4.99. The molecular weight excluding hydrogens is 284 g/mol. The van der Waals surface area contributed by atoms with Crippen molar-refractivity contribution in [3.8, 4) is 0 Å². The average molecular weight is 308 g/mol. The van der Waals surface area contributed by atoms with Crippen molar-refractivity contribution in [2.45, 2.75) is 30.7 Å². The van der Waals surface area contributed by atoms with E-state index in [9.17, 15) is 5.11 Å². The molecular formula is C13H24O8. The van der Waals surface area contributed by atoms with E-state index in [1.165, 1.54) is 27.4 Å². The standard InChI is InChI=1S/C13H24O8/c1-5-9-10(18-6-15-2)11(19-7-16-3)12(13(14)21-9)20-8-17-4/h5,9-14H,1,6-8H2,2-4H3/t9-,10-,11-,12-,13?/m0/s1. The highest BCUT2D eigenvalue weighted by atomic mass is 16.7. The van der Waals surface area contributed by atoms with Crippen LogP contribution in [0.1, 0.15) is 0 Å². The number of hydrogen-bond acceptors (Lipinski definition) is 8. The van der Waals surface area contributed by atoms with Crippen molar-refractivity contribution in [2.24, 2.45) is 0 Å². The summed E-state index contributed by atoms with van der Waals surface area (Å²) in [6.07, 6.45) is -2.24. The fraction of sp³-hybridized carbons (Fsp3) is 0.846. The summed E-state index contributed by atoms with van der Waals surface area (Å²) in [4.78, 5) is 0. The topological polar surface area (TPSA) is 84.8 Å². The molecule has 1 aliphatic heterocycles. The third-order valence-electron chi connectivity index (χ3n) is 2.92. The smallest absolute Gasteiger partial charge is 0.184 e. The zero-order valence-electron chi connectivity index (χ0n) is 12.6. The van der Waals surface area contributed by atoms with Gasteiger partial charge in [-0.25, -0.2) is 0 Å². The Morgan fingerprint density at radius 2 is 1.38 bits per heavy atom. The van der Waals surface area contributed by atoms with E-state index in [2.05, 4.69) is 6.58 Å². The van der Waals surface area contributed by atoms with Crippen LogP contribution in [0, 0.1) is 0 Å². The molecule has 0 spiro atoms. The molecule has 1 unspecified atom stereocenters. The number of rotatable bonds is 10. The summed E-state index contributed by atoms with van der Waals surface area (Å²) in [7, 11) is 4.48. The molecule has 8 nitrogen and oxygen atoms in total. The Kier molecular flexibility index (Phi) is 8.97. The maximum Gasteiger partial charge on any atom is 0.184 e. The van der Waals surface area contributed by atoms with Crippen LogP contribution in [-0.2, 0) is 33.2 Å². The normalized spacial score (nSPS) is 33.0. The lowest BCUT2D eigenvalue weighted by Crippen LogP contribution is -2.60. The van der Waals surface area contributed by atoms with E-state index < -0.39 is 30.7 Å². The maximum atomic E-state index is 10.1. The van der Waals surface area contributed by atoms with Crippen LogP contribution in [0.15, 0.2) is 12.7 Å². The van der Waals surface area contributed by atoms with Crippen LogP contribution in [-0.4, -0.2) is 77.5 Å². The third-order valence-corrected chi connectivity index (χ3v) is 2.92. The van der Waals surface area contributed by atoms with Crippen LogP contribution in [0.2, 0.25) is 0 Å². The van der Waals surface area contributed by atoms with Crippen LogP contribution >= 0.6 is 0 Å². The maximum absolute atomic E-state index is 10.1. The largest absolute Gasteiger partial charge is 0.366 e. The van der Waals surface area contributed by atoms with Gasteiger partial charge in [-0.3, -0.25) is 0 Å². The molecule has 0 aromatic heterocycles. The second-order valence-corrected chi connectivity index (χ2v) is 4.34. The first kappa shape index (κ1) is 18.5. The average Bonchev–Trinajstić information content (AvgIpc) is 2.50. The van der Waals surface area contributed by atoms with Gasteiger partial charge in [-0.15, -0.1) is 6.58 Å². The molecule has 0 aliphatic carbocycles. The second-order valence-electron chi connectivity index (χ2n) is 4.34. The Labute approximate surface area is 124 Å². The Hall–Kier alpha value is -0.580. The molecule has 0 aromatic carbocycles. The third kappa shape index (κ3) is 5.28. The summed E-state index contributed by atoms with van der Waals surface area (Å²) < 4.78 is 36.7. The van der Waals surface area contributed by atoms with E-state index in [4.69, 9.17) is 33.2 Å². The van der Waals surface area contributed by atoms with Gasteiger partial charge in [-0.1, -0.05) is 6.08 Å². The number of methoxy groups -OCH3 is 3. The van der Waals surface area contributed by atoms with E-state index in [0.717, 1.165) is 0 Å². The Morgan fingerprint density at radius 1 is 0.905 bits per heavy atom. The first-order chi connectivity index (χ1) is 10.2. The lowest BCUT2D eigenvalue weighted by Gasteiger charge is -2.43. The predicted molar refractivity (Wildman–Crippen MR) is 71.3 cm³/mol. The van der Waals surface area contributed by atoms with Crippen molar-refractivity contribution in [1.29, 1.82) is 0 Å². The summed E-state index contributed by atoms with van der Waals surface area (Å²) >= 11 is 0. The molecule has 0 radical (unpaired) electrons. The number of aliphatic hydroxyl groups excluding tert-OH is 1. The van der Waals surface area contributed by atoms with Crippen molar-refractivity contribution >= 4 is 0 Å². The molecule has 0 amide bonds. The fourth-order valence-electron chi connectivity index (χ4n) is 2.04. The monoisotopic (exact) mass is 308 g/mol. The first-order valence-corrected chi connectivity index (χ1v) is 6.47. The van der Waals surface area contributed by atoms with Gasteiger partial charge < -0.3 is 38.3 Å². The quantitative estimate of drug-likeness (QED) is 0.441. The molecule has 1 saturated heterocycles. The lowest BCUT2D eigenvalue weighted by molar-refractivity contribution is -0.321. The molecule has 8 heteroatoms. The van der Waals surface area contributed by atoms with Gasteiger partial charge in [0.25, 0.3) is 0 Å². The molecule has 1 aliphatic rings. The Bertz CT molecular complexity index is 287. The van der Waals surface area contributed by atoms with Crippen LogP contribution in [0.3, 0.4) is 0 Å². The van der Waals surface area contributed by atoms with E-state index in [1.807, 2.05) is 0 Å². The molecule has 1 N–H and O–H groups in total. The van der Waals surface area contributed by atoms with Gasteiger partial charge in [0.2, 0.25) is 0 Å². The van der Waals surface area contributed by atoms with Crippen molar-refractivity contribution in [3.05, 3.63) is 12.7 Å². The van der Waals surface area contributed by atoms with Crippen LogP contribution in [0.5, 0.6) is 0 Å². The summed E-state index contributed by atoms with van der Waals surface area (Å²) in [5, 5.41) is 10.1. The minimum atomic E-state index is -1.20. The second kappa shape index (κ2) is 10.2. The van der Waals surface area contributed by atoms with Gasteiger partial charge >= 0.3 is 0 Å². The molecule has 21 heavy (non-hydrogen) atoms. The predicted octanol–water partition coefficient (Wildman–Crippen LogP) is -0.143. The zero-order valence-corrected chi connectivity index (χ0v) is 12.6. The molecule has 1 heterocycles. The number of hydrogen-bond donors (Lipinski definition) is 1. The van der Waals surface area contributed by atoms with Gasteiger partial charge in [0.05, 0.1) is 0 Å². The zero-order chi connectivity index (χ0) is 15.7. The van der Waals surface area contributed by atoms with Crippen molar-refractivity contribution in [2.75, 3.05) is 41.7 Å². The summed E-state index contributed by atoms with van der Waals surface area (Å²) in [5.74, 6) is 0. The number of ether oxygens (including phenoxy) is 7. The van der Waals surface area contributed by atoms with E-state index in [1.54, 1.807) is 0 Å². The van der Waals surface area contributed by atoms with Gasteiger partial charge in [-0.05, 0) is 0 Å². The molecule has 0 aromatic rings. The molecule has 1 rings (SSSR count). The minimum absolute atomic E-state index is 0.0148. The van der Waals surface area contributed by atoms with Crippen LogP contribution in [0.4, 0.5) is 0 Å². The molecule has 5 atom stereocenters. The molecule has 124 valence electrons. The highest BCUT2D eigenvalue weighted by Gasteiger charge is 2.47. The van der Waals surface area contributed by atoms with Crippen LogP contribution in [0.25, 0.3) is 0 Å².